The fraction of sp³-hybridized carbons (Fsp3) is 0.647. The van der Waals surface area contributed by atoms with Crippen LogP contribution in [-0.4, -0.2) is 32.5 Å². The lowest BCUT2D eigenvalue weighted by molar-refractivity contribution is -0.103. The molecule has 116 valence electrons. The Morgan fingerprint density at radius 2 is 2.24 bits per heavy atom. The lowest BCUT2D eigenvalue weighted by Gasteiger charge is -2.40. The average Bonchev–Trinajstić information content (AvgIpc) is 2.91. The minimum absolute atomic E-state index is 0.0511. The third-order valence-electron chi connectivity index (χ3n) is 4.96. The summed E-state index contributed by atoms with van der Waals surface area (Å²) in [6, 6.07) is 6.50. The molecule has 2 fully saturated rings. The van der Waals surface area contributed by atoms with Crippen molar-refractivity contribution in [2.75, 3.05) is 26.9 Å². The Labute approximate surface area is 132 Å². The number of nitrogens with one attached hydrogen (secondary N) is 1. The van der Waals surface area contributed by atoms with Crippen molar-refractivity contribution in [1.29, 1.82) is 0 Å². The van der Waals surface area contributed by atoms with Gasteiger partial charge in [-0.25, -0.2) is 0 Å². The minimum Gasteiger partial charge on any atom is -0.378 e. The Morgan fingerprint density at radius 1 is 1.38 bits per heavy atom. The van der Waals surface area contributed by atoms with E-state index in [2.05, 4.69) is 24.4 Å². The van der Waals surface area contributed by atoms with E-state index in [9.17, 15) is 0 Å². The molecule has 3 unspecified atom stereocenters. The second kappa shape index (κ2) is 6.25. The maximum Gasteiger partial charge on any atom is 0.0940 e. The number of rotatable bonds is 3. The van der Waals surface area contributed by atoms with Gasteiger partial charge in [-0.2, -0.15) is 0 Å². The van der Waals surface area contributed by atoms with Crippen molar-refractivity contribution in [1.82, 2.24) is 5.32 Å². The predicted molar refractivity (Wildman–Crippen MR) is 84.8 cm³/mol. The molecule has 1 spiro atoms. The monoisotopic (exact) mass is 309 g/mol. The quantitative estimate of drug-likeness (QED) is 0.927. The summed E-state index contributed by atoms with van der Waals surface area (Å²) >= 11 is 6.20. The molecule has 1 aromatic carbocycles. The molecule has 21 heavy (non-hydrogen) atoms. The zero-order valence-corrected chi connectivity index (χ0v) is 13.6. The Morgan fingerprint density at radius 3 is 2.95 bits per heavy atom. The molecule has 2 saturated heterocycles. The van der Waals surface area contributed by atoms with Gasteiger partial charge < -0.3 is 14.8 Å². The number of hydrogen-bond donors (Lipinski definition) is 1. The third-order valence-corrected chi connectivity index (χ3v) is 5.19. The van der Waals surface area contributed by atoms with E-state index in [0.717, 1.165) is 44.1 Å². The number of aryl methyl sites for hydroxylation is 1. The van der Waals surface area contributed by atoms with Crippen LogP contribution in [0.2, 0.25) is 5.02 Å². The molecule has 0 aromatic heterocycles. The van der Waals surface area contributed by atoms with Crippen LogP contribution >= 0.6 is 11.6 Å². The van der Waals surface area contributed by atoms with Crippen molar-refractivity contribution in [2.45, 2.75) is 37.8 Å². The lowest BCUT2D eigenvalue weighted by Crippen LogP contribution is -2.43. The SMILES string of the molecule is CNC(c1cc(Cl)ccc1C)C1CCOC2(CCOC2)C1. The van der Waals surface area contributed by atoms with Gasteiger partial charge in [-0.05, 0) is 56.0 Å². The summed E-state index contributed by atoms with van der Waals surface area (Å²) in [5.74, 6) is 0.558. The Bertz CT molecular complexity index is 500. The van der Waals surface area contributed by atoms with E-state index >= 15 is 0 Å². The van der Waals surface area contributed by atoms with Crippen molar-refractivity contribution in [3.05, 3.63) is 34.3 Å². The largest absolute Gasteiger partial charge is 0.378 e. The maximum absolute atomic E-state index is 6.20. The van der Waals surface area contributed by atoms with E-state index < -0.39 is 0 Å². The van der Waals surface area contributed by atoms with E-state index in [4.69, 9.17) is 21.1 Å². The van der Waals surface area contributed by atoms with Crippen LogP contribution in [0.15, 0.2) is 18.2 Å². The first-order chi connectivity index (χ1) is 10.1. The summed E-state index contributed by atoms with van der Waals surface area (Å²) in [4.78, 5) is 0. The first-order valence-electron chi connectivity index (χ1n) is 7.79. The van der Waals surface area contributed by atoms with E-state index in [-0.39, 0.29) is 5.60 Å². The van der Waals surface area contributed by atoms with Crippen LogP contribution < -0.4 is 5.32 Å². The molecule has 3 rings (SSSR count). The summed E-state index contributed by atoms with van der Waals surface area (Å²) in [6.07, 6.45) is 3.16. The van der Waals surface area contributed by atoms with Crippen molar-refractivity contribution in [3.8, 4) is 0 Å². The van der Waals surface area contributed by atoms with Crippen LogP contribution in [0.1, 0.15) is 36.4 Å². The topological polar surface area (TPSA) is 30.5 Å². The van der Waals surface area contributed by atoms with Crippen LogP contribution in [-0.2, 0) is 9.47 Å². The maximum atomic E-state index is 6.20. The van der Waals surface area contributed by atoms with Gasteiger partial charge in [0.05, 0.1) is 12.2 Å². The van der Waals surface area contributed by atoms with Gasteiger partial charge in [-0.3, -0.25) is 0 Å². The first kappa shape index (κ1) is 15.3. The molecule has 2 aliphatic rings. The first-order valence-corrected chi connectivity index (χ1v) is 8.16. The molecule has 0 radical (unpaired) electrons. The lowest BCUT2D eigenvalue weighted by atomic mass is 9.78. The fourth-order valence-corrected chi connectivity index (χ4v) is 3.99. The molecule has 2 heterocycles. The van der Waals surface area contributed by atoms with Gasteiger partial charge in [0.1, 0.15) is 0 Å². The zero-order chi connectivity index (χ0) is 14.9. The molecular formula is C17H24ClNO2. The summed E-state index contributed by atoms with van der Waals surface area (Å²) in [5.41, 5.74) is 2.55. The van der Waals surface area contributed by atoms with Crippen LogP contribution in [0, 0.1) is 12.8 Å². The van der Waals surface area contributed by atoms with E-state index in [1.165, 1.54) is 11.1 Å². The third kappa shape index (κ3) is 3.11. The van der Waals surface area contributed by atoms with Gasteiger partial charge in [-0.1, -0.05) is 17.7 Å². The summed E-state index contributed by atoms with van der Waals surface area (Å²) in [5, 5.41) is 4.31. The Hall–Kier alpha value is -0.610. The van der Waals surface area contributed by atoms with Crippen LogP contribution in [0.4, 0.5) is 0 Å². The fourth-order valence-electron chi connectivity index (χ4n) is 3.81. The molecule has 1 aromatic rings. The van der Waals surface area contributed by atoms with Crippen LogP contribution in [0.5, 0.6) is 0 Å². The van der Waals surface area contributed by atoms with Gasteiger partial charge in [0.25, 0.3) is 0 Å². The van der Waals surface area contributed by atoms with Crippen molar-refractivity contribution >= 4 is 11.6 Å². The van der Waals surface area contributed by atoms with Gasteiger partial charge in [0.15, 0.2) is 0 Å². The molecule has 0 aliphatic carbocycles. The highest BCUT2D eigenvalue weighted by Gasteiger charge is 2.43. The molecule has 4 heteroatoms. The smallest absolute Gasteiger partial charge is 0.0940 e. The van der Waals surface area contributed by atoms with Crippen LogP contribution in [0.25, 0.3) is 0 Å². The molecule has 1 N–H and O–H groups in total. The van der Waals surface area contributed by atoms with Crippen molar-refractivity contribution < 1.29 is 9.47 Å². The number of benzene rings is 1. The normalized spacial score (nSPS) is 30.7. The highest BCUT2D eigenvalue weighted by molar-refractivity contribution is 6.30. The zero-order valence-electron chi connectivity index (χ0n) is 12.8. The standard InChI is InChI=1S/C17H24ClNO2/c1-12-3-4-14(18)9-15(12)16(19-2)13-5-7-21-17(10-13)6-8-20-11-17/h3-4,9,13,16,19H,5-8,10-11H2,1-2H3. The van der Waals surface area contributed by atoms with Gasteiger partial charge in [-0.15, -0.1) is 0 Å². The molecule has 3 atom stereocenters. The van der Waals surface area contributed by atoms with E-state index in [1.54, 1.807) is 0 Å². The van der Waals surface area contributed by atoms with E-state index in [1.807, 2.05) is 13.1 Å². The second-order valence-electron chi connectivity index (χ2n) is 6.35. The van der Waals surface area contributed by atoms with Gasteiger partial charge >= 0.3 is 0 Å². The van der Waals surface area contributed by atoms with E-state index in [0.29, 0.717) is 12.0 Å². The minimum atomic E-state index is -0.0511. The Balaban J connectivity index is 1.84. The predicted octanol–water partition coefficient (Wildman–Crippen LogP) is 3.49. The van der Waals surface area contributed by atoms with Crippen molar-refractivity contribution in [3.63, 3.8) is 0 Å². The summed E-state index contributed by atoms with van der Waals surface area (Å²) < 4.78 is 11.6. The molecule has 3 nitrogen and oxygen atoms in total. The summed E-state index contributed by atoms with van der Waals surface area (Å²) in [7, 11) is 2.04. The summed E-state index contributed by atoms with van der Waals surface area (Å²) in [6.45, 7) is 4.55. The van der Waals surface area contributed by atoms with Gasteiger partial charge in [0, 0.05) is 30.7 Å². The van der Waals surface area contributed by atoms with Gasteiger partial charge in [0.2, 0.25) is 0 Å². The molecule has 0 bridgehead atoms. The molecule has 2 aliphatic heterocycles. The Kier molecular flexibility index (Phi) is 4.55. The number of halogens is 1. The van der Waals surface area contributed by atoms with Crippen LogP contribution in [0.3, 0.4) is 0 Å². The average molecular weight is 310 g/mol. The van der Waals surface area contributed by atoms with Crippen molar-refractivity contribution in [2.24, 2.45) is 5.92 Å². The molecule has 0 amide bonds. The second-order valence-corrected chi connectivity index (χ2v) is 6.79. The molecular weight excluding hydrogens is 286 g/mol. The highest BCUT2D eigenvalue weighted by Crippen LogP contribution is 2.41. The molecule has 0 saturated carbocycles. The number of ether oxygens (including phenoxy) is 2. The highest BCUT2D eigenvalue weighted by atomic mass is 35.5. The number of hydrogen-bond acceptors (Lipinski definition) is 3.